The Morgan fingerprint density at radius 2 is 2.04 bits per heavy atom. The van der Waals surface area contributed by atoms with Gasteiger partial charge in [0.2, 0.25) is 6.79 Å². The fourth-order valence-electron chi connectivity index (χ4n) is 3.95. The number of nitriles is 1. The van der Waals surface area contributed by atoms with E-state index >= 15 is 0 Å². The molecule has 1 fully saturated rings. The SMILES string of the molecule is COC(=O)c1cc2c(cc1C1=C[C@@H](CC#N)C[C@@H]3OC(C)(C)O[C@H]13)OCO2. The Morgan fingerprint density at radius 3 is 2.74 bits per heavy atom. The van der Waals surface area contributed by atoms with E-state index < -0.39 is 11.8 Å². The van der Waals surface area contributed by atoms with Crippen molar-refractivity contribution in [3.8, 4) is 17.6 Å². The summed E-state index contributed by atoms with van der Waals surface area (Å²) >= 11 is 0. The number of rotatable bonds is 3. The summed E-state index contributed by atoms with van der Waals surface area (Å²) in [5.41, 5.74) is 1.85. The quantitative estimate of drug-likeness (QED) is 0.755. The van der Waals surface area contributed by atoms with Crippen LogP contribution in [0.3, 0.4) is 0 Å². The van der Waals surface area contributed by atoms with Gasteiger partial charge < -0.3 is 23.7 Å². The molecule has 0 amide bonds. The van der Waals surface area contributed by atoms with Gasteiger partial charge in [0.15, 0.2) is 17.3 Å². The number of carbonyl (C=O) groups excluding carboxylic acids is 1. The maximum atomic E-state index is 12.4. The van der Waals surface area contributed by atoms with Crippen LogP contribution in [0.25, 0.3) is 5.57 Å². The zero-order valence-corrected chi connectivity index (χ0v) is 15.5. The van der Waals surface area contributed by atoms with E-state index in [2.05, 4.69) is 6.07 Å². The number of allylic oxidation sites excluding steroid dienone is 1. The molecule has 3 atom stereocenters. The number of hydrogen-bond acceptors (Lipinski definition) is 7. The molecule has 0 bridgehead atoms. The maximum absolute atomic E-state index is 12.4. The smallest absolute Gasteiger partial charge is 0.338 e. The van der Waals surface area contributed by atoms with Gasteiger partial charge in [-0.2, -0.15) is 5.26 Å². The fourth-order valence-corrected chi connectivity index (χ4v) is 3.95. The molecule has 142 valence electrons. The molecule has 0 unspecified atom stereocenters. The highest BCUT2D eigenvalue weighted by atomic mass is 16.8. The third-order valence-corrected chi connectivity index (χ3v) is 5.02. The standard InChI is InChI=1S/C20H21NO6/c1-20(2)26-17-7-11(4-5-21)6-13(18(17)27-20)12-8-15-16(25-10-24-15)9-14(12)19(22)23-3/h6,8-9,11,17-18H,4,7,10H2,1-3H3/t11-,17+,18-/m1/s1. The highest BCUT2D eigenvalue weighted by Gasteiger charge is 2.47. The molecule has 7 heteroatoms. The van der Waals surface area contributed by atoms with Gasteiger partial charge in [-0.15, -0.1) is 0 Å². The van der Waals surface area contributed by atoms with Crippen LogP contribution in [-0.4, -0.2) is 37.9 Å². The third-order valence-electron chi connectivity index (χ3n) is 5.02. The minimum Gasteiger partial charge on any atom is -0.465 e. The Labute approximate surface area is 157 Å². The summed E-state index contributed by atoms with van der Waals surface area (Å²) in [4.78, 5) is 12.4. The van der Waals surface area contributed by atoms with Crippen LogP contribution >= 0.6 is 0 Å². The lowest BCUT2D eigenvalue weighted by molar-refractivity contribution is -0.142. The molecule has 2 heterocycles. The molecule has 2 aliphatic heterocycles. The lowest BCUT2D eigenvalue weighted by atomic mass is 9.81. The second-order valence-electron chi connectivity index (χ2n) is 7.32. The third kappa shape index (κ3) is 3.15. The van der Waals surface area contributed by atoms with E-state index in [1.54, 1.807) is 12.1 Å². The molecule has 4 rings (SSSR count). The van der Waals surface area contributed by atoms with Crippen molar-refractivity contribution in [3.05, 3.63) is 29.3 Å². The lowest BCUT2D eigenvalue weighted by Crippen LogP contribution is -2.31. The molecule has 0 spiro atoms. The first kappa shape index (κ1) is 17.8. The Morgan fingerprint density at radius 1 is 1.30 bits per heavy atom. The van der Waals surface area contributed by atoms with E-state index in [9.17, 15) is 4.79 Å². The summed E-state index contributed by atoms with van der Waals surface area (Å²) < 4.78 is 28.1. The number of methoxy groups -OCH3 is 1. The van der Waals surface area contributed by atoms with Crippen LogP contribution in [-0.2, 0) is 14.2 Å². The van der Waals surface area contributed by atoms with Gasteiger partial charge in [0.1, 0.15) is 6.10 Å². The number of benzene rings is 1. The van der Waals surface area contributed by atoms with Gasteiger partial charge in [-0.1, -0.05) is 6.08 Å². The molecule has 1 aliphatic carbocycles. The van der Waals surface area contributed by atoms with Gasteiger partial charge in [0, 0.05) is 6.42 Å². The van der Waals surface area contributed by atoms with Gasteiger partial charge in [0.05, 0.1) is 24.8 Å². The van der Waals surface area contributed by atoms with Crippen LogP contribution in [0.2, 0.25) is 0 Å². The molecule has 7 nitrogen and oxygen atoms in total. The van der Waals surface area contributed by atoms with Crippen LogP contribution in [0.1, 0.15) is 42.6 Å². The van der Waals surface area contributed by atoms with Gasteiger partial charge in [-0.3, -0.25) is 0 Å². The number of nitrogens with zero attached hydrogens (tertiary/aromatic N) is 1. The molecule has 0 N–H and O–H groups in total. The highest BCUT2D eigenvalue weighted by Crippen LogP contribution is 2.46. The molecule has 0 saturated carbocycles. The first-order valence-corrected chi connectivity index (χ1v) is 8.88. The van der Waals surface area contributed by atoms with Crippen LogP contribution in [0, 0.1) is 17.2 Å². The lowest BCUT2D eigenvalue weighted by Gasteiger charge is -2.29. The van der Waals surface area contributed by atoms with E-state index in [1.165, 1.54) is 7.11 Å². The summed E-state index contributed by atoms with van der Waals surface area (Å²) in [6.45, 7) is 3.83. The number of esters is 1. The first-order valence-electron chi connectivity index (χ1n) is 8.88. The van der Waals surface area contributed by atoms with E-state index in [0.29, 0.717) is 35.5 Å². The summed E-state index contributed by atoms with van der Waals surface area (Å²) in [6.07, 6.45) is 2.56. The average Bonchev–Trinajstić information content (AvgIpc) is 3.21. The number of ether oxygens (including phenoxy) is 5. The summed E-state index contributed by atoms with van der Waals surface area (Å²) in [7, 11) is 1.34. The van der Waals surface area contributed by atoms with Crippen molar-refractivity contribution in [1.82, 2.24) is 0 Å². The van der Waals surface area contributed by atoms with Crippen molar-refractivity contribution in [2.45, 2.75) is 44.7 Å². The Bertz CT molecular complexity index is 853. The summed E-state index contributed by atoms with van der Waals surface area (Å²) in [5, 5.41) is 9.16. The molecule has 27 heavy (non-hydrogen) atoms. The first-order chi connectivity index (χ1) is 12.9. The molecule has 3 aliphatic rings. The molecule has 1 aromatic rings. The second-order valence-corrected chi connectivity index (χ2v) is 7.32. The molecule has 1 aromatic carbocycles. The van der Waals surface area contributed by atoms with Crippen molar-refractivity contribution >= 4 is 11.5 Å². The van der Waals surface area contributed by atoms with Crippen LogP contribution in [0.5, 0.6) is 11.5 Å². The normalized spacial score (nSPS) is 27.5. The predicted octanol–water partition coefficient (Wildman–Crippen LogP) is 3.04. The monoisotopic (exact) mass is 371 g/mol. The van der Waals surface area contributed by atoms with Crippen LogP contribution in [0.15, 0.2) is 18.2 Å². The van der Waals surface area contributed by atoms with Crippen LogP contribution < -0.4 is 9.47 Å². The largest absolute Gasteiger partial charge is 0.465 e. The highest BCUT2D eigenvalue weighted by molar-refractivity contribution is 5.97. The zero-order chi connectivity index (χ0) is 19.2. The second kappa shape index (κ2) is 6.55. The van der Waals surface area contributed by atoms with Crippen molar-refractivity contribution in [2.24, 2.45) is 5.92 Å². The number of hydrogen-bond donors (Lipinski definition) is 0. The molecule has 0 aromatic heterocycles. The topological polar surface area (TPSA) is 87.0 Å². The number of fused-ring (bicyclic) bond motifs is 2. The minimum absolute atomic E-state index is 0.0136. The van der Waals surface area contributed by atoms with Gasteiger partial charge in [0.25, 0.3) is 0 Å². The van der Waals surface area contributed by atoms with Gasteiger partial charge in [-0.25, -0.2) is 4.79 Å². The minimum atomic E-state index is -0.738. The van der Waals surface area contributed by atoms with Crippen molar-refractivity contribution in [1.29, 1.82) is 5.26 Å². The van der Waals surface area contributed by atoms with Gasteiger partial charge >= 0.3 is 5.97 Å². The zero-order valence-electron chi connectivity index (χ0n) is 15.5. The molecular formula is C20H21NO6. The summed E-state index contributed by atoms with van der Waals surface area (Å²) in [6, 6.07) is 5.63. The fraction of sp³-hybridized carbons (Fsp3) is 0.500. The van der Waals surface area contributed by atoms with Crippen molar-refractivity contribution < 1.29 is 28.5 Å². The Kier molecular flexibility index (Phi) is 4.33. The predicted molar refractivity (Wildman–Crippen MR) is 94.0 cm³/mol. The van der Waals surface area contributed by atoms with Crippen molar-refractivity contribution in [2.75, 3.05) is 13.9 Å². The van der Waals surface area contributed by atoms with E-state index in [4.69, 9.17) is 28.9 Å². The van der Waals surface area contributed by atoms with E-state index in [1.807, 2.05) is 19.9 Å². The van der Waals surface area contributed by atoms with Crippen LogP contribution in [0.4, 0.5) is 0 Å². The Hall–Kier alpha value is -2.56. The van der Waals surface area contributed by atoms with E-state index in [0.717, 1.165) is 5.57 Å². The Balaban J connectivity index is 1.84. The maximum Gasteiger partial charge on any atom is 0.338 e. The molecule has 0 radical (unpaired) electrons. The van der Waals surface area contributed by atoms with Crippen molar-refractivity contribution in [3.63, 3.8) is 0 Å². The average molecular weight is 371 g/mol. The summed E-state index contributed by atoms with van der Waals surface area (Å²) in [5.74, 6) is -0.126. The van der Waals surface area contributed by atoms with Gasteiger partial charge in [-0.05, 0) is 49.5 Å². The van der Waals surface area contributed by atoms with E-state index in [-0.39, 0.29) is 24.9 Å². The number of carbonyl (C=O) groups is 1. The molecule has 1 saturated heterocycles. The molecular weight excluding hydrogens is 350 g/mol.